The third-order valence-electron chi connectivity index (χ3n) is 6.21. The molecule has 0 aliphatic rings. The van der Waals surface area contributed by atoms with Crippen molar-refractivity contribution in [2.24, 2.45) is 5.73 Å². The summed E-state index contributed by atoms with van der Waals surface area (Å²) in [6.45, 7) is 3.66. The third-order valence-corrected chi connectivity index (χ3v) is 6.21. The molecule has 0 aliphatic carbocycles. The molecule has 2 amide bonds. The zero-order valence-electron chi connectivity index (χ0n) is 22.4. The van der Waals surface area contributed by atoms with Crippen molar-refractivity contribution in [2.45, 2.75) is 38.8 Å². The number of amides is 2. The van der Waals surface area contributed by atoms with Gasteiger partial charge in [-0.1, -0.05) is 24.3 Å². The van der Waals surface area contributed by atoms with Gasteiger partial charge < -0.3 is 25.3 Å². The predicted molar refractivity (Wildman–Crippen MR) is 152 cm³/mol. The molecule has 1 atom stereocenters. The largest absolute Gasteiger partial charge is 0.490 e. The molecule has 4 N–H and O–H groups in total. The lowest BCUT2D eigenvalue weighted by atomic mass is 10.0. The minimum atomic E-state index is -0.527. The second-order valence-electron chi connectivity index (χ2n) is 9.63. The van der Waals surface area contributed by atoms with Gasteiger partial charge in [0.1, 0.15) is 17.5 Å². The van der Waals surface area contributed by atoms with Gasteiger partial charge in [-0.3, -0.25) is 9.59 Å². The fourth-order valence-corrected chi connectivity index (χ4v) is 4.34. The van der Waals surface area contributed by atoms with Gasteiger partial charge in [0, 0.05) is 47.8 Å². The first-order valence-corrected chi connectivity index (χ1v) is 12.9. The zero-order valence-corrected chi connectivity index (χ0v) is 22.4. The molecular weight excluding hydrogens is 506 g/mol. The lowest BCUT2D eigenvalue weighted by molar-refractivity contribution is -0.113. The van der Waals surface area contributed by atoms with Crippen LogP contribution in [-0.2, 0) is 11.2 Å². The number of pyridine rings is 1. The number of imidazole rings is 1. The molecule has 0 fully saturated rings. The Kier molecular flexibility index (Phi) is 8.94. The highest BCUT2D eigenvalue weighted by atomic mass is 16.5. The van der Waals surface area contributed by atoms with Crippen LogP contribution in [0.4, 0.5) is 0 Å². The van der Waals surface area contributed by atoms with E-state index in [-0.39, 0.29) is 24.7 Å². The highest BCUT2D eigenvalue weighted by Crippen LogP contribution is 2.23. The number of carbonyl (C=O) groups excluding carboxylic acids is 2. The molecule has 2 aromatic heterocycles. The van der Waals surface area contributed by atoms with Crippen LogP contribution in [0, 0.1) is 11.3 Å². The Morgan fingerprint density at radius 1 is 1.20 bits per heavy atom. The first kappa shape index (κ1) is 28.1. The molecule has 9 heteroatoms. The molecule has 4 rings (SSSR count). The number of hydrogen-bond donors (Lipinski definition) is 3. The molecule has 0 unspecified atom stereocenters. The van der Waals surface area contributed by atoms with E-state index in [0.29, 0.717) is 35.4 Å². The summed E-state index contributed by atoms with van der Waals surface area (Å²) < 4.78 is 7.53. The quantitative estimate of drug-likeness (QED) is 0.248. The summed E-state index contributed by atoms with van der Waals surface area (Å²) in [5.41, 5.74) is 10.0. The fraction of sp³-hybridized carbons (Fsp3) is 0.226. The van der Waals surface area contributed by atoms with Crippen molar-refractivity contribution in [2.75, 3.05) is 6.61 Å². The van der Waals surface area contributed by atoms with Crippen LogP contribution in [-0.4, -0.2) is 45.1 Å². The zero-order chi connectivity index (χ0) is 28.6. The lowest BCUT2D eigenvalue weighted by Gasteiger charge is -2.19. The van der Waals surface area contributed by atoms with Crippen molar-refractivity contribution in [3.63, 3.8) is 0 Å². The number of rotatable bonds is 11. The Bertz CT molecular complexity index is 1580. The minimum absolute atomic E-state index is 0.0819. The summed E-state index contributed by atoms with van der Waals surface area (Å²) in [4.78, 5) is 28.8. The van der Waals surface area contributed by atoms with E-state index in [0.717, 1.165) is 22.4 Å². The van der Waals surface area contributed by atoms with Crippen LogP contribution in [0.5, 0.6) is 5.75 Å². The van der Waals surface area contributed by atoms with E-state index >= 15 is 0 Å². The van der Waals surface area contributed by atoms with Crippen molar-refractivity contribution in [3.05, 3.63) is 95.3 Å². The number of aromatic nitrogens is 2. The van der Waals surface area contributed by atoms with Crippen molar-refractivity contribution in [1.29, 1.82) is 5.26 Å². The average Bonchev–Trinajstić information content (AvgIpc) is 3.37. The lowest BCUT2D eigenvalue weighted by Crippen LogP contribution is -2.37. The molecule has 0 radical (unpaired) electrons. The van der Waals surface area contributed by atoms with Gasteiger partial charge in [-0.05, 0) is 68.7 Å². The maximum Gasteiger partial charge on any atom is 0.251 e. The van der Waals surface area contributed by atoms with Gasteiger partial charge in [-0.2, -0.15) is 5.26 Å². The Hall–Kier alpha value is -4.94. The molecule has 2 heterocycles. The topological polar surface area (TPSA) is 143 Å². The Morgan fingerprint density at radius 2 is 1.98 bits per heavy atom. The van der Waals surface area contributed by atoms with E-state index in [1.807, 2.05) is 67.0 Å². The van der Waals surface area contributed by atoms with E-state index in [2.05, 4.69) is 11.4 Å². The van der Waals surface area contributed by atoms with Crippen molar-refractivity contribution in [3.8, 4) is 23.1 Å². The van der Waals surface area contributed by atoms with Gasteiger partial charge in [0.05, 0.1) is 17.4 Å². The number of nitrogens with one attached hydrogen (secondary N) is 1. The van der Waals surface area contributed by atoms with Crippen LogP contribution < -0.4 is 15.8 Å². The van der Waals surface area contributed by atoms with Gasteiger partial charge in [0.2, 0.25) is 5.91 Å². The predicted octanol–water partition coefficient (Wildman–Crippen LogP) is 3.88. The maximum atomic E-state index is 13.0. The second-order valence-corrected chi connectivity index (χ2v) is 9.63. The number of primary amides is 1. The minimum Gasteiger partial charge on any atom is -0.490 e. The van der Waals surface area contributed by atoms with Crippen molar-refractivity contribution in [1.82, 2.24) is 14.7 Å². The Balaban J connectivity index is 1.48. The van der Waals surface area contributed by atoms with Gasteiger partial charge in [0.15, 0.2) is 0 Å². The number of hydrogen-bond acceptors (Lipinski definition) is 6. The van der Waals surface area contributed by atoms with Crippen molar-refractivity contribution < 1.29 is 19.4 Å². The summed E-state index contributed by atoms with van der Waals surface area (Å²) in [5, 5.41) is 22.1. The summed E-state index contributed by atoms with van der Waals surface area (Å²) in [5.74, 6) is -0.417. The monoisotopic (exact) mass is 537 g/mol. The summed E-state index contributed by atoms with van der Waals surface area (Å²) >= 11 is 0. The van der Waals surface area contributed by atoms with E-state index in [4.69, 9.17) is 15.5 Å². The highest BCUT2D eigenvalue weighted by Gasteiger charge is 2.17. The van der Waals surface area contributed by atoms with Gasteiger partial charge in [-0.25, -0.2) is 4.98 Å². The number of nitrogens with two attached hydrogens (primary N) is 1. The fourth-order valence-electron chi connectivity index (χ4n) is 4.34. The smallest absolute Gasteiger partial charge is 0.251 e. The van der Waals surface area contributed by atoms with Gasteiger partial charge in [-0.15, -0.1) is 0 Å². The molecule has 0 saturated heterocycles. The molecule has 0 saturated carbocycles. The van der Waals surface area contributed by atoms with Crippen LogP contribution in [0.15, 0.2) is 73.1 Å². The molecule has 0 aliphatic heterocycles. The van der Waals surface area contributed by atoms with E-state index < -0.39 is 5.91 Å². The molecule has 0 bridgehead atoms. The summed E-state index contributed by atoms with van der Waals surface area (Å²) in [6.07, 6.45) is 7.53. The number of carbonyl (C=O) groups is 2. The summed E-state index contributed by atoms with van der Waals surface area (Å²) in [6, 6.07) is 18.1. The second kappa shape index (κ2) is 12.7. The number of nitrogens with zero attached hydrogens (tertiary/aromatic N) is 3. The Labute approximate surface area is 232 Å². The maximum absolute atomic E-state index is 13.0. The SMILES string of the molecule is CC(C)Oc1ccc(C(=O)N[C@H](CCO)Cc2ccc(-c3cn4cccc(/C=C/C(N)=O)c4n3)cc2)cc1C#N. The number of fused-ring (bicyclic) bond motifs is 1. The number of nitriles is 1. The van der Waals surface area contributed by atoms with Crippen LogP contribution in [0.2, 0.25) is 0 Å². The Morgan fingerprint density at radius 3 is 2.65 bits per heavy atom. The van der Waals surface area contributed by atoms with Crippen LogP contribution in [0.1, 0.15) is 47.3 Å². The number of ether oxygens (including phenoxy) is 1. The number of aliphatic hydroxyl groups excluding tert-OH is 1. The standard InChI is InChI=1S/C31H31N5O4/c1-20(2)40-28-11-9-24(17-25(28)18-32)31(39)34-26(13-15-37)16-21-5-7-22(8-6-21)27-19-36-14-3-4-23(30(36)35-27)10-12-29(33)38/h3-12,14,17,19-20,26,37H,13,15-16H2,1-2H3,(H2,33,38)(H,34,39)/b12-10+/t26-/m1/s1. The van der Waals surface area contributed by atoms with Crippen molar-refractivity contribution >= 4 is 23.5 Å². The molecule has 0 spiro atoms. The average molecular weight is 538 g/mol. The first-order chi connectivity index (χ1) is 19.3. The number of benzene rings is 2. The first-order valence-electron chi connectivity index (χ1n) is 12.9. The van der Waals surface area contributed by atoms with Crippen LogP contribution >= 0.6 is 0 Å². The van der Waals surface area contributed by atoms with Gasteiger partial charge >= 0.3 is 0 Å². The van der Waals surface area contributed by atoms with E-state index in [1.54, 1.807) is 18.2 Å². The normalized spacial score (nSPS) is 12.0. The molecule has 40 heavy (non-hydrogen) atoms. The van der Waals surface area contributed by atoms with Gasteiger partial charge in [0.25, 0.3) is 5.91 Å². The van der Waals surface area contributed by atoms with Crippen LogP contribution in [0.3, 0.4) is 0 Å². The molecule has 204 valence electrons. The highest BCUT2D eigenvalue weighted by molar-refractivity contribution is 5.95. The van der Waals surface area contributed by atoms with E-state index in [1.165, 1.54) is 12.1 Å². The molecule has 4 aromatic rings. The molecule has 9 nitrogen and oxygen atoms in total. The summed E-state index contributed by atoms with van der Waals surface area (Å²) in [7, 11) is 0. The third kappa shape index (κ3) is 6.92. The van der Waals surface area contributed by atoms with Crippen LogP contribution in [0.25, 0.3) is 23.0 Å². The number of aliphatic hydroxyl groups is 1. The molecule has 2 aromatic carbocycles. The molecular formula is C31H31N5O4. The van der Waals surface area contributed by atoms with E-state index in [9.17, 15) is 20.0 Å².